The zero-order chi connectivity index (χ0) is 10.1. The number of nitrogens with zero attached hydrogens (tertiary/aromatic N) is 1. The van der Waals surface area contributed by atoms with E-state index >= 15 is 0 Å². The Hall–Kier alpha value is 0.1000. The highest BCUT2D eigenvalue weighted by molar-refractivity contribution is 9.11. The lowest BCUT2D eigenvalue weighted by Crippen LogP contribution is -2.31. The van der Waals surface area contributed by atoms with E-state index in [1.807, 2.05) is 11.3 Å². The van der Waals surface area contributed by atoms with Gasteiger partial charge in [0.15, 0.2) is 0 Å². The van der Waals surface area contributed by atoms with E-state index in [1.165, 1.54) is 15.2 Å². The minimum atomic E-state index is 0.602. The van der Waals surface area contributed by atoms with Crippen molar-refractivity contribution in [1.29, 1.82) is 0 Å². The normalized spacial score (nSPS) is 28.5. The quantitative estimate of drug-likeness (QED) is 0.889. The van der Waals surface area contributed by atoms with Crippen LogP contribution in [0.15, 0.2) is 15.9 Å². The van der Waals surface area contributed by atoms with Gasteiger partial charge >= 0.3 is 0 Å². The molecule has 2 rings (SSSR count). The van der Waals surface area contributed by atoms with E-state index in [0.717, 1.165) is 6.54 Å². The van der Waals surface area contributed by atoms with Crippen molar-refractivity contribution in [2.24, 2.45) is 0 Å². The van der Waals surface area contributed by atoms with Gasteiger partial charge in [0.25, 0.3) is 0 Å². The first-order valence-corrected chi connectivity index (χ1v) is 6.42. The van der Waals surface area contributed by atoms with Gasteiger partial charge in [0, 0.05) is 29.9 Å². The van der Waals surface area contributed by atoms with Crippen LogP contribution < -0.4 is 5.32 Å². The summed E-state index contributed by atoms with van der Waals surface area (Å²) in [7, 11) is 4.24. The van der Waals surface area contributed by atoms with Crippen LogP contribution in [0.1, 0.15) is 10.8 Å². The van der Waals surface area contributed by atoms with E-state index in [9.17, 15) is 0 Å². The first kappa shape index (κ1) is 10.6. The number of nitrogens with one attached hydrogen (secondary N) is 1. The molecule has 0 radical (unpaired) electrons. The Labute approximate surface area is 97.4 Å². The van der Waals surface area contributed by atoms with Crippen molar-refractivity contribution in [2.45, 2.75) is 12.0 Å². The number of likely N-dealkylation sites (N-methyl/N-ethyl adjacent to an activating group) is 2. The Bertz CT molecular complexity index is 313. The maximum Gasteiger partial charge on any atom is 0.0701 e. The molecule has 1 aliphatic rings. The van der Waals surface area contributed by atoms with Crippen LogP contribution in [-0.2, 0) is 0 Å². The third kappa shape index (κ3) is 2.03. The summed E-state index contributed by atoms with van der Waals surface area (Å²) in [5.41, 5.74) is 0. The SMILES string of the molecule is CNC1CN(C)CC1c1ccc(Br)s1. The molecule has 1 saturated heterocycles. The average molecular weight is 275 g/mol. The fraction of sp³-hybridized carbons (Fsp3) is 0.600. The molecule has 2 heterocycles. The number of hydrogen-bond donors (Lipinski definition) is 1. The first-order valence-electron chi connectivity index (χ1n) is 4.81. The van der Waals surface area contributed by atoms with Gasteiger partial charge < -0.3 is 10.2 Å². The Morgan fingerprint density at radius 2 is 2.29 bits per heavy atom. The number of halogens is 1. The summed E-state index contributed by atoms with van der Waals surface area (Å²) >= 11 is 5.38. The summed E-state index contributed by atoms with van der Waals surface area (Å²) in [6.07, 6.45) is 0. The Balaban J connectivity index is 2.17. The smallest absolute Gasteiger partial charge is 0.0701 e. The van der Waals surface area contributed by atoms with Crippen molar-refractivity contribution >= 4 is 27.3 Å². The van der Waals surface area contributed by atoms with Gasteiger partial charge in [-0.25, -0.2) is 0 Å². The lowest BCUT2D eigenvalue weighted by Gasteiger charge is -2.15. The molecule has 1 N–H and O–H groups in total. The van der Waals surface area contributed by atoms with Crippen molar-refractivity contribution in [3.05, 3.63) is 20.8 Å². The molecular formula is C10H15BrN2S. The molecule has 1 aromatic rings. The Morgan fingerprint density at radius 3 is 2.86 bits per heavy atom. The molecule has 2 nitrogen and oxygen atoms in total. The molecule has 14 heavy (non-hydrogen) atoms. The zero-order valence-electron chi connectivity index (χ0n) is 8.46. The molecule has 0 aliphatic carbocycles. The lowest BCUT2D eigenvalue weighted by atomic mass is 10.0. The number of thiophene rings is 1. The summed E-state index contributed by atoms with van der Waals surface area (Å²) in [5.74, 6) is 0.654. The van der Waals surface area contributed by atoms with Gasteiger partial charge in [0.1, 0.15) is 0 Å². The van der Waals surface area contributed by atoms with Gasteiger partial charge in [-0.1, -0.05) is 0 Å². The molecule has 1 aromatic heterocycles. The van der Waals surface area contributed by atoms with Crippen LogP contribution in [0, 0.1) is 0 Å². The van der Waals surface area contributed by atoms with Crippen molar-refractivity contribution < 1.29 is 0 Å². The fourth-order valence-electron chi connectivity index (χ4n) is 2.11. The molecule has 1 aliphatic heterocycles. The first-order chi connectivity index (χ1) is 6.70. The minimum Gasteiger partial charge on any atom is -0.315 e. The second-order valence-corrected chi connectivity index (χ2v) is 6.36. The lowest BCUT2D eigenvalue weighted by molar-refractivity contribution is 0.402. The largest absolute Gasteiger partial charge is 0.315 e. The maximum absolute atomic E-state index is 3.52. The van der Waals surface area contributed by atoms with Gasteiger partial charge in [-0.05, 0) is 42.2 Å². The zero-order valence-corrected chi connectivity index (χ0v) is 10.9. The van der Waals surface area contributed by atoms with Crippen molar-refractivity contribution in [3.63, 3.8) is 0 Å². The molecule has 2 unspecified atom stereocenters. The van der Waals surface area contributed by atoms with Crippen LogP contribution >= 0.6 is 27.3 Å². The minimum absolute atomic E-state index is 0.602. The van der Waals surface area contributed by atoms with Crippen LogP contribution in [-0.4, -0.2) is 38.1 Å². The molecular weight excluding hydrogens is 260 g/mol. The highest BCUT2D eigenvalue weighted by Gasteiger charge is 2.31. The van der Waals surface area contributed by atoms with E-state index < -0.39 is 0 Å². The van der Waals surface area contributed by atoms with Gasteiger partial charge in [-0.3, -0.25) is 0 Å². The van der Waals surface area contributed by atoms with Crippen molar-refractivity contribution in [3.8, 4) is 0 Å². The number of rotatable bonds is 2. The van der Waals surface area contributed by atoms with E-state index in [-0.39, 0.29) is 0 Å². The Kier molecular flexibility index (Phi) is 3.27. The standard InChI is InChI=1S/C10H15BrN2S/c1-12-8-6-13(2)5-7(8)9-3-4-10(11)14-9/h3-4,7-8,12H,5-6H2,1-2H3. The van der Waals surface area contributed by atoms with Gasteiger partial charge in [-0.2, -0.15) is 0 Å². The fourth-order valence-corrected chi connectivity index (χ4v) is 3.69. The van der Waals surface area contributed by atoms with Crippen molar-refractivity contribution in [2.75, 3.05) is 27.2 Å². The van der Waals surface area contributed by atoms with Gasteiger partial charge in [0.05, 0.1) is 3.79 Å². The third-order valence-electron chi connectivity index (χ3n) is 2.83. The summed E-state index contributed by atoms with van der Waals surface area (Å²) < 4.78 is 1.23. The topological polar surface area (TPSA) is 15.3 Å². The highest BCUT2D eigenvalue weighted by Crippen LogP contribution is 2.33. The monoisotopic (exact) mass is 274 g/mol. The van der Waals surface area contributed by atoms with E-state index in [0.29, 0.717) is 12.0 Å². The summed E-state index contributed by atoms with van der Waals surface area (Å²) in [6, 6.07) is 4.99. The van der Waals surface area contributed by atoms with Crippen molar-refractivity contribution in [1.82, 2.24) is 10.2 Å². The van der Waals surface area contributed by atoms with Gasteiger partial charge in [0.2, 0.25) is 0 Å². The molecule has 1 fully saturated rings. The molecule has 2 atom stereocenters. The maximum atomic E-state index is 3.52. The summed E-state index contributed by atoms with van der Waals surface area (Å²) in [5, 5.41) is 3.40. The van der Waals surface area contributed by atoms with Crippen LogP contribution in [0.25, 0.3) is 0 Å². The van der Waals surface area contributed by atoms with Crippen LogP contribution in [0.5, 0.6) is 0 Å². The molecule has 4 heteroatoms. The predicted octanol–water partition coefficient (Wildman–Crippen LogP) is 2.13. The van der Waals surface area contributed by atoms with Gasteiger partial charge in [-0.15, -0.1) is 11.3 Å². The molecule has 0 saturated carbocycles. The predicted molar refractivity (Wildman–Crippen MR) is 65.1 cm³/mol. The number of likely N-dealkylation sites (tertiary alicyclic amines) is 1. The third-order valence-corrected chi connectivity index (χ3v) is 4.59. The summed E-state index contributed by atoms with van der Waals surface area (Å²) in [6.45, 7) is 2.31. The van der Waals surface area contributed by atoms with E-state index in [2.05, 4.69) is 52.4 Å². The van der Waals surface area contributed by atoms with E-state index in [1.54, 1.807) is 0 Å². The van der Waals surface area contributed by atoms with Crippen LogP contribution in [0.4, 0.5) is 0 Å². The summed E-state index contributed by atoms with van der Waals surface area (Å²) in [4.78, 5) is 3.87. The second-order valence-electron chi connectivity index (χ2n) is 3.86. The molecule has 0 aromatic carbocycles. The molecule has 78 valence electrons. The Morgan fingerprint density at radius 1 is 1.50 bits per heavy atom. The molecule has 0 bridgehead atoms. The highest BCUT2D eigenvalue weighted by atomic mass is 79.9. The molecule has 0 amide bonds. The van der Waals surface area contributed by atoms with Crippen LogP contribution in [0.3, 0.4) is 0 Å². The number of hydrogen-bond acceptors (Lipinski definition) is 3. The average Bonchev–Trinajstić information content (AvgIpc) is 2.71. The van der Waals surface area contributed by atoms with E-state index in [4.69, 9.17) is 0 Å². The molecule has 0 spiro atoms. The van der Waals surface area contributed by atoms with Crippen LogP contribution in [0.2, 0.25) is 0 Å². The second kappa shape index (κ2) is 4.31.